The van der Waals surface area contributed by atoms with Crippen molar-refractivity contribution in [3.05, 3.63) is 64.3 Å². The summed E-state index contributed by atoms with van der Waals surface area (Å²) in [6, 6.07) is 9.62. The third kappa shape index (κ3) is 3.91. The zero-order valence-corrected chi connectivity index (χ0v) is 15.7. The maximum atomic E-state index is 13.3. The quantitative estimate of drug-likeness (QED) is 0.799. The van der Waals surface area contributed by atoms with Gasteiger partial charge in [-0.2, -0.15) is 5.26 Å². The number of rotatable bonds is 4. The van der Waals surface area contributed by atoms with Gasteiger partial charge in [-0.15, -0.1) is 0 Å². The van der Waals surface area contributed by atoms with Gasteiger partial charge in [0.15, 0.2) is 9.84 Å². The van der Waals surface area contributed by atoms with Gasteiger partial charge in [-0.1, -0.05) is 6.08 Å². The normalized spacial score (nSPS) is 14.1. The number of benzene rings is 1. The Balaban J connectivity index is 2.20. The minimum absolute atomic E-state index is 0.185. The van der Waals surface area contributed by atoms with E-state index in [0.29, 0.717) is 34.6 Å². The third-order valence-electron chi connectivity index (χ3n) is 4.35. The second kappa shape index (κ2) is 7.33. The largest absolute Gasteiger partial charge is 0.480 e. The highest BCUT2D eigenvalue weighted by Gasteiger charge is 2.21. The van der Waals surface area contributed by atoms with E-state index in [1.54, 1.807) is 30.4 Å². The van der Waals surface area contributed by atoms with Crippen molar-refractivity contribution in [1.29, 1.82) is 5.26 Å². The lowest BCUT2D eigenvalue weighted by Gasteiger charge is -2.18. The standard InChI is InChI=1S/C20H17FN2O3S/c1-26-20-15(12-22)11-18(13-5-9-17(10-6-13)27(2,24)25)19(23-20)14-3-7-16(21)8-4-14/h3-5,7-9,11H,6,10H2,1-2H3. The zero-order chi connectivity index (χ0) is 19.6. The number of nitrogens with zero attached hydrogens (tertiary/aromatic N) is 2. The molecule has 1 aromatic heterocycles. The second-order valence-corrected chi connectivity index (χ2v) is 8.23. The molecule has 0 bridgehead atoms. The molecule has 1 heterocycles. The number of hydrogen-bond acceptors (Lipinski definition) is 5. The molecule has 0 saturated carbocycles. The van der Waals surface area contributed by atoms with E-state index in [4.69, 9.17) is 4.74 Å². The van der Waals surface area contributed by atoms with Gasteiger partial charge in [0.2, 0.25) is 5.88 Å². The molecule has 138 valence electrons. The van der Waals surface area contributed by atoms with Crippen molar-refractivity contribution in [3.8, 4) is 23.2 Å². The Hall–Kier alpha value is -2.98. The summed E-state index contributed by atoms with van der Waals surface area (Å²) in [4.78, 5) is 4.83. The monoisotopic (exact) mass is 384 g/mol. The first-order valence-corrected chi connectivity index (χ1v) is 10.1. The summed E-state index contributed by atoms with van der Waals surface area (Å²) >= 11 is 0. The Labute approximate surface area is 157 Å². The first kappa shape index (κ1) is 18.8. The maximum absolute atomic E-state index is 13.3. The number of hydrogen-bond donors (Lipinski definition) is 0. The summed E-state index contributed by atoms with van der Waals surface area (Å²) in [7, 11) is -1.81. The first-order valence-electron chi connectivity index (χ1n) is 8.18. The molecule has 0 unspecified atom stereocenters. The van der Waals surface area contributed by atoms with Gasteiger partial charge in [-0.25, -0.2) is 17.8 Å². The van der Waals surface area contributed by atoms with Crippen molar-refractivity contribution in [2.24, 2.45) is 0 Å². The summed E-state index contributed by atoms with van der Waals surface area (Å²) in [5.41, 5.74) is 3.05. The van der Waals surface area contributed by atoms with Gasteiger partial charge in [0, 0.05) is 22.3 Å². The molecule has 0 N–H and O–H groups in total. The van der Waals surface area contributed by atoms with Crippen LogP contribution in [0.2, 0.25) is 0 Å². The molecule has 0 atom stereocenters. The Morgan fingerprint density at radius 3 is 2.41 bits per heavy atom. The van der Waals surface area contributed by atoms with Gasteiger partial charge in [-0.05, 0) is 54.8 Å². The fraction of sp³-hybridized carbons (Fsp3) is 0.200. The van der Waals surface area contributed by atoms with Crippen molar-refractivity contribution < 1.29 is 17.5 Å². The van der Waals surface area contributed by atoms with Crippen LogP contribution in [-0.4, -0.2) is 26.8 Å². The van der Waals surface area contributed by atoms with E-state index < -0.39 is 9.84 Å². The first-order chi connectivity index (χ1) is 12.8. The summed E-state index contributed by atoms with van der Waals surface area (Å²) in [6.07, 6.45) is 5.37. The lowest BCUT2D eigenvalue weighted by molar-refractivity contribution is 0.397. The Kier molecular flexibility index (Phi) is 5.10. The van der Waals surface area contributed by atoms with Crippen LogP contribution >= 0.6 is 0 Å². The molecule has 1 aromatic carbocycles. The Bertz CT molecular complexity index is 1100. The fourth-order valence-electron chi connectivity index (χ4n) is 2.96. The van der Waals surface area contributed by atoms with Crippen LogP contribution in [0.5, 0.6) is 5.88 Å². The molecule has 1 aliphatic rings. The molecule has 0 saturated heterocycles. The number of methoxy groups -OCH3 is 1. The van der Waals surface area contributed by atoms with Gasteiger partial charge in [-0.3, -0.25) is 0 Å². The molecule has 7 heteroatoms. The predicted molar refractivity (Wildman–Crippen MR) is 101 cm³/mol. The number of halogens is 1. The number of nitriles is 1. The summed E-state index contributed by atoms with van der Waals surface area (Å²) in [5, 5.41) is 9.39. The van der Waals surface area contributed by atoms with Crippen molar-refractivity contribution >= 4 is 15.4 Å². The van der Waals surface area contributed by atoms with Crippen LogP contribution in [0.4, 0.5) is 4.39 Å². The average molecular weight is 384 g/mol. The van der Waals surface area contributed by atoms with Crippen LogP contribution in [0.25, 0.3) is 16.8 Å². The number of allylic oxidation sites excluding steroid dienone is 4. The van der Waals surface area contributed by atoms with Gasteiger partial charge < -0.3 is 4.74 Å². The van der Waals surface area contributed by atoms with Crippen molar-refractivity contribution in [2.45, 2.75) is 12.8 Å². The summed E-state index contributed by atoms with van der Waals surface area (Å²) in [6.45, 7) is 0. The van der Waals surface area contributed by atoms with Gasteiger partial charge in [0.1, 0.15) is 17.4 Å². The van der Waals surface area contributed by atoms with E-state index in [1.165, 1.54) is 25.5 Å². The highest BCUT2D eigenvalue weighted by atomic mass is 32.2. The van der Waals surface area contributed by atoms with E-state index in [0.717, 1.165) is 5.57 Å². The van der Waals surface area contributed by atoms with Crippen LogP contribution in [0.3, 0.4) is 0 Å². The molecule has 0 radical (unpaired) electrons. The van der Waals surface area contributed by atoms with E-state index >= 15 is 0 Å². The molecule has 5 nitrogen and oxygen atoms in total. The van der Waals surface area contributed by atoms with Crippen LogP contribution in [0, 0.1) is 17.1 Å². The van der Waals surface area contributed by atoms with Gasteiger partial charge in [0.25, 0.3) is 0 Å². The number of ether oxygens (including phenoxy) is 1. The lowest BCUT2D eigenvalue weighted by atomic mass is 9.92. The van der Waals surface area contributed by atoms with E-state index in [-0.39, 0.29) is 17.3 Å². The van der Waals surface area contributed by atoms with E-state index in [1.807, 2.05) is 0 Å². The number of aromatic nitrogens is 1. The van der Waals surface area contributed by atoms with Crippen molar-refractivity contribution in [2.75, 3.05) is 13.4 Å². The van der Waals surface area contributed by atoms with Gasteiger partial charge in [0.05, 0.1) is 12.8 Å². The highest BCUT2D eigenvalue weighted by molar-refractivity contribution is 7.94. The molecule has 0 fully saturated rings. The summed E-state index contributed by atoms with van der Waals surface area (Å²) in [5.74, 6) is -0.178. The predicted octanol–water partition coefficient (Wildman–Crippen LogP) is 3.87. The average Bonchev–Trinajstić information content (AvgIpc) is 2.67. The smallest absolute Gasteiger partial charge is 0.232 e. The summed E-state index contributed by atoms with van der Waals surface area (Å²) < 4.78 is 42.0. The molecule has 3 rings (SSSR count). The maximum Gasteiger partial charge on any atom is 0.232 e. The minimum atomic E-state index is -3.24. The molecule has 2 aromatic rings. The van der Waals surface area contributed by atoms with Gasteiger partial charge >= 0.3 is 0 Å². The molecule has 0 aliphatic heterocycles. The van der Waals surface area contributed by atoms with E-state index in [2.05, 4.69) is 11.1 Å². The SMILES string of the molecule is COc1nc(-c2ccc(F)cc2)c(C2=CC=C(S(C)(=O)=O)CC2)cc1C#N. The van der Waals surface area contributed by atoms with Crippen LogP contribution < -0.4 is 4.74 Å². The number of pyridine rings is 1. The highest BCUT2D eigenvalue weighted by Crippen LogP contribution is 2.36. The molecular weight excluding hydrogens is 367 g/mol. The lowest BCUT2D eigenvalue weighted by Crippen LogP contribution is -2.06. The number of sulfone groups is 1. The zero-order valence-electron chi connectivity index (χ0n) is 14.9. The third-order valence-corrected chi connectivity index (χ3v) is 5.65. The Morgan fingerprint density at radius 1 is 1.19 bits per heavy atom. The van der Waals surface area contributed by atoms with Crippen LogP contribution in [-0.2, 0) is 9.84 Å². The van der Waals surface area contributed by atoms with Crippen molar-refractivity contribution in [1.82, 2.24) is 4.98 Å². The topological polar surface area (TPSA) is 80.0 Å². The molecule has 0 spiro atoms. The molecular formula is C20H17FN2O3S. The second-order valence-electron chi connectivity index (χ2n) is 6.16. The van der Waals surface area contributed by atoms with Crippen LogP contribution in [0.15, 0.2) is 47.4 Å². The molecule has 27 heavy (non-hydrogen) atoms. The Morgan fingerprint density at radius 2 is 1.89 bits per heavy atom. The molecule has 1 aliphatic carbocycles. The van der Waals surface area contributed by atoms with Crippen molar-refractivity contribution in [3.63, 3.8) is 0 Å². The van der Waals surface area contributed by atoms with Crippen LogP contribution in [0.1, 0.15) is 24.0 Å². The minimum Gasteiger partial charge on any atom is -0.480 e. The molecule has 0 amide bonds. The van der Waals surface area contributed by atoms with E-state index in [9.17, 15) is 18.1 Å². The fourth-order valence-corrected chi connectivity index (χ4v) is 3.74.